The second kappa shape index (κ2) is 12.8. The topological polar surface area (TPSA) is 69.1 Å². The number of nitrogens with zero attached hydrogens (tertiary/aromatic N) is 2. The summed E-state index contributed by atoms with van der Waals surface area (Å²) in [7, 11) is 4.13. The Labute approximate surface area is 191 Å². The van der Waals surface area contributed by atoms with E-state index in [4.69, 9.17) is 21.3 Å². The van der Waals surface area contributed by atoms with Crippen molar-refractivity contribution in [1.29, 1.82) is 0 Å². The minimum absolute atomic E-state index is 0. The number of aliphatic hydroxyl groups is 1. The molecule has 1 aromatic carbocycles. The summed E-state index contributed by atoms with van der Waals surface area (Å²) < 4.78 is 5.56. The number of halogens is 2. The molecule has 0 spiro atoms. The molecule has 1 heterocycles. The van der Waals surface area contributed by atoms with E-state index >= 15 is 0 Å². The molecule has 0 radical (unpaired) electrons. The van der Waals surface area contributed by atoms with Gasteiger partial charge in [-0.25, -0.2) is 0 Å². The second-order valence-electron chi connectivity index (χ2n) is 7.38. The van der Waals surface area contributed by atoms with Crippen LogP contribution in [0.25, 0.3) is 0 Å². The normalized spacial score (nSPS) is 20.7. The number of aliphatic hydroxyl groups excluding tert-OH is 1. The van der Waals surface area contributed by atoms with E-state index < -0.39 is 0 Å². The first-order chi connectivity index (χ1) is 13.0. The van der Waals surface area contributed by atoms with Crippen LogP contribution in [0.3, 0.4) is 0 Å². The van der Waals surface area contributed by atoms with Gasteiger partial charge in [-0.1, -0.05) is 23.7 Å². The van der Waals surface area contributed by atoms with Gasteiger partial charge >= 0.3 is 0 Å². The molecule has 6 nitrogen and oxygen atoms in total. The van der Waals surface area contributed by atoms with Gasteiger partial charge in [-0.2, -0.15) is 0 Å². The van der Waals surface area contributed by atoms with Crippen LogP contribution >= 0.6 is 35.6 Å². The Bertz CT molecular complexity index is 592. The molecule has 3 N–H and O–H groups in total. The lowest BCUT2D eigenvalue weighted by atomic mass is 9.84. The predicted octanol–water partition coefficient (Wildman–Crippen LogP) is 2.90. The number of hydrogen-bond donors (Lipinski definition) is 3. The number of rotatable bonds is 9. The number of likely N-dealkylation sites (N-methyl/N-ethyl adjacent to an activating group) is 1. The van der Waals surface area contributed by atoms with Crippen molar-refractivity contribution in [2.75, 3.05) is 53.6 Å². The van der Waals surface area contributed by atoms with Crippen molar-refractivity contribution in [3.8, 4) is 0 Å². The van der Waals surface area contributed by atoms with E-state index in [1.54, 1.807) is 0 Å². The van der Waals surface area contributed by atoms with Crippen LogP contribution < -0.4 is 10.6 Å². The highest BCUT2D eigenvalue weighted by atomic mass is 127. The predicted molar refractivity (Wildman–Crippen MR) is 127 cm³/mol. The minimum atomic E-state index is -0.0474. The summed E-state index contributed by atoms with van der Waals surface area (Å²) in [6.07, 6.45) is 1.67. The molecule has 0 aliphatic carbocycles. The first-order valence-corrected chi connectivity index (χ1v) is 10.00. The zero-order chi connectivity index (χ0) is 19.7. The SMILES string of the molecule is CCNC(=NCC1(CCO)CCOC1)NCC(c1ccc(Cl)cc1)N(C)C.I. The summed E-state index contributed by atoms with van der Waals surface area (Å²) in [5.41, 5.74) is 1.16. The van der Waals surface area contributed by atoms with Crippen LogP contribution in [0.1, 0.15) is 31.4 Å². The van der Waals surface area contributed by atoms with Crippen molar-refractivity contribution >= 4 is 41.5 Å². The van der Waals surface area contributed by atoms with Gasteiger partial charge in [-0.05, 0) is 51.6 Å². The van der Waals surface area contributed by atoms with E-state index in [0.717, 1.165) is 43.5 Å². The van der Waals surface area contributed by atoms with Gasteiger partial charge < -0.3 is 25.4 Å². The summed E-state index contributed by atoms with van der Waals surface area (Å²) in [6.45, 7) is 5.81. The molecule has 0 aromatic heterocycles. The zero-order valence-electron chi connectivity index (χ0n) is 17.1. The number of benzene rings is 1. The smallest absolute Gasteiger partial charge is 0.191 e. The Hall–Kier alpha value is -0.610. The van der Waals surface area contributed by atoms with Gasteiger partial charge in [0.1, 0.15) is 0 Å². The zero-order valence-corrected chi connectivity index (χ0v) is 20.2. The van der Waals surface area contributed by atoms with Crippen LogP contribution in [0.15, 0.2) is 29.3 Å². The maximum Gasteiger partial charge on any atom is 0.191 e. The Morgan fingerprint density at radius 3 is 2.57 bits per heavy atom. The van der Waals surface area contributed by atoms with Crippen LogP contribution in [0.2, 0.25) is 5.02 Å². The van der Waals surface area contributed by atoms with Crippen LogP contribution in [-0.4, -0.2) is 69.5 Å². The molecule has 1 aliphatic rings. The van der Waals surface area contributed by atoms with E-state index in [1.807, 2.05) is 12.1 Å². The van der Waals surface area contributed by atoms with Gasteiger partial charge in [0.25, 0.3) is 0 Å². The van der Waals surface area contributed by atoms with E-state index in [0.29, 0.717) is 13.2 Å². The number of guanidine groups is 1. The third kappa shape index (κ3) is 7.67. The van der Waals surface area contributed by atoms with Gasteiger partial charge in [0.15, 0.2) is 5.96 Å². The van der Waals surface area contributed by atoms with Gasteiger partial charge in [-0.3, -0.25) is 4.99 Å². The average Bonchev–Trinajstić information content (AvgIpc) is 3.10. The largest absolute Gasteiger partial charge is 0.396 e. The molecule has 8 heteroatoms. The van der Waals surface area contributed by atoms with Crippen molar-refractivity contribution in [1.82, 2.24) is 15.5 Å². The summed E-state index contributed by atoms with van der Waals surface area (Å²) in [5, 5.41) is 16.9. The fraction of sp³-hybridized carbons (Fsp3) is 0.650. The van der Waals surface area contributed by atoms with Crippen molar-refractivity contribution in [2.45, 2.75) is 25.8 Å². The van der Waals surface area contributed by atoms with Gasteiger partial charge in [0.2, 0.25) is 0 Å². The lowest BCUT2D eigenvalue weighted by Crippen LogP contribution is -2.42. The highest BCUT2D eigenvalue weighted by molar-refractivity contribution is 14.0. The van der Waals surface area contributed by atoms with Crippen molar-refractivity contribution in [3.05, 3.63) is 34.9 Å². The molecule has 1 aliphatic heterocycles. The molecule has 2 rings (SSSR count). The number of hydrogen-bond acceptors (Lipinski definition) is 4. The number of nitrogens with one attached hydrogen (secondary N) is 2. The Morgan fingerprint density at radius 2 is 2.04 bits per heavy atom. The number of ether oxygens (including phenoxy) is 1. The first-order valence-electron chi connectivity index (χ1n) is 9.62. The molecule has 1 fully saturated rings. The van der Waals surface area contributed by atoms with Crippen LogP contribution in [-0.2, 0) is 4.74 Å². The standard InChI is InChI=1S/C20H33ClN4O2.HI/c1-4-22-19(24-14-20(9-11-26)10-12-27-15-20)23-13-18(25(2)3)16-5-7-17(21)8-6-16;/h5-8,18,26H,4,9-15H2,1-3H3,(H2,22,23,24);1H. The first kappa shape index (κ1) is 25.4. The monoisotopic (exact) mass is 524 g/mol. The molecule has 0 bridgehead atoms. The molecule has 28 heavy (non-hydrogen) atoms. The highest BCUT2D eigenvalue weighted by Gasteiger charge is 2.34. The molecule has 2 atom stereocenters. The number of aliphatic imine (C=N–C) groups is 1. The summed E-state index contributed by atoms with van der Waals surface area (Å²) in [4.78, 5) is 6.97. The van der Waals surface area contributed by atoms with Crippen molar-refractivity contribution in [3.63, 3.8) is 0 Å². The summed E-state index contributed by atoms with van der Waals surface area (Å²) >= 11 is 6.02. The lowest BCUT2D eigenvalue weighted by Gasteiger charge is -2.27. The summed E-state index contributed by atoms with van der Waals surface area (Å²) in [6, 6.07) is 8.17. The summed E-state index contributed by atoms with van der Waals surface area (Å²) in [5.74, 6) is 0.794. The molecule has 0 saturated carbocycles. The van der Waals surface area contributed by atoms with Gasteiger partial charge in [-0.15, -0.1) is 24.0 Å². The van der Waals surface area contributed by atoms with E-state index in [2.05, 4.69) is 48.7 Å². The maximum absolute atomic E-state index is 9.39. The van der Waals surface area contributed by atoms with E-state index in [-0.39, 0.29) is 42.0 Å². The molecule has 2 unspecified atom stereocenters. The Kier molecular flexibility index (Phi) is 11.7. The molecule has 1 saturated heterocycles. The molecular weight excluding hydrogens is 491 g/mol. The minimum Gasteiger partial charge on any atom is -0.396 e. The van der Waals surface area contributed by atoms with E-state index in [1.165, 1.54) is 5.56 Å². The molecular formula is C20H34ClIN4O2. The Morgan fingerprint density at radius 1 is 1.32 bits per heavy atom. The average molecular weight is 525 g/mol. The van der Waals surface area contributed by atoms with E-state index in [9.17, 15) is 5.11 Å². The molecule has 0 amide bonds. The highest BCUT2D eigenvalue weighted by Crippen LogP contribution is 2.32. The van der Waals surface area contributed by atoms with Gasteiger partial charge in [0, 0.05) is 36.7 Å². The fourth-order valence-corrected chi connectivity index (χ4v) is 3.48. The van der Waals surface area contributed by atoms with Crippen LogP contribution in [0.4, 0.5) is 0 Å². The van der Waals surface area contributed by atoms with Gasteiger partial charge in [0.05, 0.1) is 19.2 Å². The molecule has 1 aromatic rings. The third-order valence-corrected chi connectivity index (χ3v) is 5.34. The van der Waals surface area contributed by atoms with Crippen molar-refractivity contribution < 1.29 is 9.84 Å². The van der Waals surface area contributed by atoms with Crippen molar-refractivity contribution in [2.24, 2.45) is 10.4 Å². The maximum atomic E-state index is 9.39. The van der Waals surface area contributed by atoms with Crippen LogP contribution in [0.5, 0.6) is 0 Å². The fourth-order valence-electron chi connectivity index (χ4n) is 3.35. The lowest BCUT2D eigenvalue weighted by molar-refractivity contribution is 0.131. The quantitative estimate of drug-likeness (QED) is 0.263. The third-order valence-electron chi connectivity index (χ3n) is 5.08. The van der Waals surface area contributed by atoms with Crippen LogP contribution in [0, 0.1) is 5.41 Å². The Balaban J connectivity index is 0.00000392. The second-order valence-corrected chi connectivity index (χ2v) is 7.82. The molecule has 160 valence electrons.